The van der Waals surface area contributed by atoms with Crippen LogP contribution in [0.15, 0.2) is 199 Å². The Bertz CT molecular complexity index is 3910. The maximum absolute atomic E-state index is 6.44. The molecule has 13 rings (SSSR count). The third-order valence-electron chi connectivity index (χ3n) is 11.9. The Kier molecular flexibility index (Phi) is 7.94. The molecule has 0 saturated heterocycles. The van der Waals surface area contributed by atoms with Gasteiger partial charge in [-0.3, -0.25) is 0 Å². The smallest absolute Gasteiger partial charge is 0.180 e. The minimum absolute atomic E-state index is 0.604. The van der Waals surface area contributed by atoms with E-state index in [1.165, 1.54) is 0 Å². The van der Waals surface area contributed by atoms with Crippen molar-refractivity contribution in [3.63, 3.8) is 0 Å². The van der Waals surface area contributed by atoms with Gasteiger partial charge in [0.05, 0.1) is 11.0 Å². The van der Waals surface area contributed by atoms with Gasteiger partial charge in [-0.15, -0.1) is 11.3 Å². The molecule has 0 fully saturated rings. The van der Waals surface area contributed by atoms with Gasteiger partial charge in [0, 0.05) is 69.8 Å². The van der Waals surface area contributed by atoms with Crippen molar-refractivity contribution in [2.45, 2.75) is 0 Å². The number of para-hydroxylation sites is 3. The van der Waals surface area contributed by atoms with E-state index in [1.807, 2.05) is 54.6 Å². The molecular formula is C55H32N6OS. The van der Waals surface area contributed by atoms with E-state index in [1.54, 1.807) is 11.3 Å². The van der Waals surface area contributed by atoms with Gasteiger partial charge in [0.1, 0.15) is 16.8 Å². The van der Waals surface area contributed by atoms with Gasteiger partial charge in [-0.25, -0.2) is 24.9 Å². The molecule has 5 heterocycles. The van der Waals surface area contributed by atoms with Crippen LogP contribution in [0.3, 0.4) is 0 Å². The monoisotopic (exact) mass is 824 g/mol. The number of rotatable bonds is 6. The van der Waals surface area contributed by atoms with Crippen molar-refractivity contribution in [2.24, 2.45) is 0 Å². The van der Waals surface area contributed by atoms with Crippen molar-refractivity contribution in [1.29, 1.82) is 0 Å². The standard InChI is InChI=1S/C55H32N6OS/c1-4-17-33(18-5-1)48-50-49(37-24-11-13-31-44(37)62-50)57-55(56-48)41-28-14-25-38-47-40(27-16-32-45(47)63-51(38)41)54-59-52(34-19-6-2-7-20-34)58-53(60-54)39-26-15-30-43-46(39)36-23-10-12-29-42(36)61(43)35-21-8-3-9-22-35/h1-32H. The minimum Gasteiger partial charge on any atom is -0.452 e. The van der Waals surface area contributed by atoms with E-state index in [2.05, 4.69) is 144 Å². The van der Waals surface area contributed by atoms with Crippen LogP contribution < -0.4 is 0 Å². The summed E-state index contributed by atoms with van der Waals surface area (Å²) in [5.74, 6) is 2.47. The molecule has 0 saturated carbocycles. The first-order valence-electron chi connectivity index (χ1n) is 20.8. The van der Waals surface area contributed by atoms with Crippen LogP contribution in [0.25, 0.3) is 127 Å². The first kappa shape index (κ1) is 35.4. The van der Waals surface area contributed by atoms with Crippen LogP contribution in [0, 0.1) is 0 Å². The Hall–Kier alpha value is -8.33. The Balaban J connectivity index is 1.05. The second-order valence-electron chi connectivity index (χ2n) is 15.6. The predicted molar refractivity (Wildman–Crippen MR) is 257 cm³/mol. The van der Waals surface area contributed by atoms with Gasteiger partial charge in [0.15, 0.2) is 28.9 Å². The summed E-state index contributed by atoms with van der Waals surface area (Å²) in [6, 6.07) is 66.7. The lowest BCUT2D eigenvalue weighted by molar-refractivity contribution is 0.667. The molecular weight excluding hydrogens is 793 g/mol. The van der Waals surface area contributed by atoms with Gasteiger partial charge in [0.2, 0.25) is 0 Å². The van der Waals surface area contributed by atoms with Crippen molar-refractivity contribution >= 4 is 75.4 Å². The van der Waals surface area contributed by atoms with E-state index in [4.69, 9.17) is 29.3 Å². The molecule has 0 aliphatic carbocycles. The molecule has 0 amide bonds. The lowest BCUT2D eigenvalue weighted by Gasteiger charge is -2.11. The van der Waals surface area contributed by atoms with Gasteiger partial charge >= 0.3 is 0 Å². The Morgan fingerprint density at radius 3 is 1.76 bits per heavy atom. The SMILES string of the molecule is c1ccc(-c2nc(-c3cccc4sc5c(-c6nc(-c7ccccc7)c7oc8ccccc8c7n6)cccc5c34)nc(-c3cccc4c3c3ccccc3n4-c3ccccc3)n2)cc1. The number of benzene rings is 8. The lowest BCUT2D eigenvalue weighted by Crippen LogP contribution is -2.01. The molecule has 5 aromatic heterocycles. The summed E-state index contributed by atoms with van der Waals surface area (Å²) in [5, 5.41) is 5.34. The molecule has 0 radical (unpaired) electrons. The van der Waals surface area contributed by atoms with Crippen molar-refractivity contribution in [2.75, 3.05) is 0 Å². The maximum Gasteiger partial charge on any atom is 0.180 e. The summed E-state index contributed by atoms with van der Waals surface area (Å²) >= 11 is 1.73. The zero-order valence-corrected chi connectivity index (χ0v) is 34.3. The predicted octanol–water partition coefficient (Wildman–Crippen LogP) is 14.4. The van der Waals surface area contributed by atoms with E-state index in [9.17, 15) is 0 Å². The molecule has 0 atom stereocenters. The third kappa shape index (κ3) is 5.62. The topological polar surface area (TPSA) is 82.5 Å². The molecule has 0 N–H and O–H groups in total. The van der Waals surface area contributed by atoms with E-state index in [0.29, 0.717) is 28.9 Å². The molecule has 0 bridgehead atoms. The fraction of sp³-hybridized carbons (Fsp3) is 0. The van der Waals surface area contributed by atoms with Gasteiger partial charge in [-0.05, 0) is 48.5 Å². The second-order valence-corrected chi connectivity index (χ2v) is 16.6. The van der Waals surface area contributed by atoms with Crippen LogP contribution >= 0.6 is 11.3 Å². The number of fused-ring (bicyclic) bond motifs is 9. The number of hydrogen-bond donors (Lipinski definition) is 0. The summed E-state index contributed by atoms with van der Waals surface area (Å²) in [6.45, 7) is 0. The Morgan fingerprint density at radius 1 is 0.397 bits per heavy atom. The van der Waals surface area contributed by atoms with E-state index >= 15 is 0 Å². The zero-order valence-electron chi connectivity index (χ0n) is 33.5. The van der Waals surface area contributed by atoms with Crippen LogP contribution in [0.4, 0.5) is 0 Å². The van der Waals surface area contributed by atoms with Crippen LogP contribution in [0.2, 0.25) is 0 Å². The molecule has 0 spiro atoms. The average Bonchev–Trinajstić information content (AvgIpc) is 4.04. The molecule has 63 heavy (non-hydrogen) atoms. The highest BCUT2D eigenvalue weighted by Gasteiger charge is 2.23. The average molecular weight is 825 g/mol. The van der Waals surface area contributed by atoms with Gasteiger partial charge in [0.25, 0.3) is 0 Å². The van der Waals surface area contributed by atoms with Crippen molar-refractivity contribution in [3.8, 4) is 62.5 Å². The Labute approximate surface area is 364 Å². The van der Waals surface area contributed by atoms with Crippen LogP contribution in [-0.2, 0) is 0 Å². The summed E-state index contributed by atoms with van der Waals surface area (Å²) in [4.78, 5) is 26.4. The number of thiophene rings is 1. The molecule has 8 heteroatoms. The zero-order chi connectivity index (χ0) is 41.4. The van der Waals surface area contributed by atoms with Crippen molar-refractivity contribution in [3.05, 3.63) is 194 Å². The summed E-state index contributed by atoms with van der Waals surface area (Å²) in [5.41, 5.74) is 11.0. The quantitative estimate of drug-likeness (QED) is 0.166. The number of nitrogens with zero attached hydrogens (tertiary/aromatic N) is 6. The first-order chi connectivity index (χ1) is 31.2. The lowest BCUT2D eigenvalue weighted by atomic mass is 10.0. The van der Waals surface area contributed by atoms with Gasteiger partial charge in [-0.2, -0.15) is 0 Å². The largest absolute Gasteiger partial charge is 0.452 e. The summed E-state index contributed by atoms with van der Waals surface area (Å²) in [7, 11) is 0. The molecule has 0 aliphatic heterocycles. The number of hydrogen-bond acceptors (Lipinski definition) is 7. The van der Waals surface area contributed by atoms with Crippen molar-refractivity contribution in [1.82, 2.24) is 29.5 Å². The second kappa shape index (κ2) is 14.1. The third-order valence-corrected chi connectivity index (χ3v) is 13.1. The summed E-state index contributed by atoms with van der Waals surface area (Å²) in [6.07, 6.45) is 0. The number of aromatic nitrogens is 6. The first-order valence-corrected chi connectivity index (χ1v) is 21.7. The fourth-order valence-corrected chi connectivity index (χ4v) is 10.3. The van der Waals surface area contributed by atoms with Crippen LogP contribution in [0.5, 0.6) is 0 Å². The maximum atomic E-state index is 6.44. The molecule has 0 aliphatic rings. The molecule has 7 nitrogen and oxygen atoms in total. The highest BCUT2D eigenvalue weighted by atomic mass is 32.1. The Morgan fingerprint density at radius 2 is 0.968 bits per heavy atom. The highest BCUT2D eigenvalue weighted by Crippen LogP contribution is 2.45. The van der Waals surface area contributed by atoms with Gasteiger partial charge < -0.3 is 8.98 Å². The van der Waals surface area contributed by atoms with Crippen molar-refractivity contribution < 1.29 is 4.42 Å². The molecule has 8 aromatic carbocycles. The fourth-order valence-electron chi connectivity index (χ4n) is 9.11. The van der Waals surface area contributed by atoms with Gasteiger partial charge in [-0.1, -0.05) is 146 Å². The van der Waals surface area contributed by atoms with Crippen LogP contribution in [-0.4, -0.2) is 29.5 Å². The van der Waals surface area contributed by atoms with E-state index in [0.717, 1.165) is 97.7 Å². The molecule has 0 unspecified atom stereocenters. The summed E-state index contributed by atoms with van der Waals surface area (Å²) < 4.78 is 11.0. The normalized spacial score (nSPS) is 11.8. The highest BCUT2D eigenvalue weighted by molar-refractivity contribution is 7.26. The molecule has 13 aromatic rings. The van der Waals surface area contributed by atoms with E-state index in [-0.39, 0.29) is 0 Å². The molecule has 294 valence electrons. The van der Waals surface area contributed by atoms with Crippen LogP contribution in [0.1, 0.15) is 0 Å². The van der Waals surface area contributed by atoms with E-state index < -0.39 is 0 Å². The number of furan rings is 1. The minimum atomic E-state index is 0.604.